The molecule has 2 aromatic rings. The van der Waals surface area contributed by atoms with Crippen LogP contribution in [-0.4, -0.2) is 20.6 Å². The van der Waals surface area contributed by atoms with Gasteiger partial charge in [-0.2, -0.15) is 28.6 Å². The van der Waals surface area contributed by atoms with Gasteiger partial charge in [-0.05, 0) is 55.3 Å². The molecule has 28 heavy (non-hydrogen) atoms. The van der Waals surface area contributed by atoms with Gasteiger partial charge in [0.2, 0.25) is 0 Å². The van der Waals surface area contributed by atoms with Crippen LogP contribution in [0.1, 0.15) is 35.2 Å². The van der Waals surface area contributed by atoms with Gasteiger partial charge in [-0.1, -0.05) is 17.8 Å². The number of nitrogens with zero attached hydrogens (tertiary/aromatic N) is 5. The lowest BCUT2D eigenvalue weighted by molar-refractivity contribution is -0.137. The van der Waals surface area contributed by atoms with E-state index in [9.17, 15) is 18.4 Å². The number of aromatic nitrogens is 2. The topological polar surface area (TPSA) is 65.2 Å². The maximum Gasteiger partial charge on any atom is 0.416 e. The lowest BCUT2D eigenvalue weighted by Gasteiger charge is -2.26. The molecular weight excluding hydrogens is 407 g/mol. The third-order valence-electron chi connectivity index (χ3n) is 4.29. The Kier molecular flexibility index (Phi) is 4.97. The second kappa shape index (κ2) is 7.29. The Morgan fingerprint density at radius 1 is 1.29 bits per heavy atom. The number of benzene rings is 1. The van der Waals surface area contributed by atoms with Crippen molar-refractivity contribution in [2.45, 2.75) is 42.8 Å². The average Bonchev–Trinajstić information content (AvgIpc) is 3.50. The minimum absolute atomic E-state index is 0.0265. The maximum atomic E-state index is 12.9. The average molecular weight is 421 g/mol. The molecule has 0 saturated heterocycles. The van der Waals surface area contributed by atoms with Crippen LogP contribution in [0.15, 0.2) is 34.4 Å². The fraction of sp³-hybridized carbons (Fsp3) is 0.333. The highest BCUT2D eigenvalue weighted by Crippen LogP contribution is 2.43. The van der Waals surface area contributed by atoms with Gasteiger partial charge in [-0.3, -0.25) is 5.01 Å². The fourth-order valence-corrected chi connectivity index (χ4v) is 4.68. The number of alkyl halides is 3. The van der Waals surface area contributed by atoms with Crippen molar-refractivity contribution in [2.75, 3.05) is 5.01 Å². The van der Waals surface area contributed by atoms with E-state index < -0.39 is 11.7 Å². The summed E-state index contributed by atoms with van der Waals surface area (Å²) in [7, 11) is 0. The van der Waals surface area contributed by atoms with E-state index in [1.165, 1.54) is 29.6 Å². The molecule has 0 bridgehead atoms. The van der Waals surface area contributed by atoms with E-state index in [1.807, 2.05) is 24.1 Å². The van der Waals surface area contributed by atoms with Crippen LogP contribution in [0.2, 0.25) is 0 Å². The summed E-state index contributed by atoms with van der Waals surface area (Å²) in [5, 5.41) is 25.0. The summed E-state index contributed by atoms with van der Waals surface area (Å²) in [5.74, 6) is 0.347. The molecule has 4 rings (SSSR count). The molecule has 1 fully saturated rings. The maximum absolute atomic E-state index is 12.9. The van der Waals surface area contributed by atoms with Gasteiger partial charge in [-0.25, -0.2) is 0 Å². The van der Waals surface area contributed by atoms with E-state index in [0.29, 0.717) is 17.4 Å². The standard InChI is InChI=1S/C18H14F3N5S2/c1-10-6-15-16(24-23-10)28-17(25-26(15)14-4-5-14)27-9-11-2-3-13(18(19,20)21)7-12(11)8-22/h2-3,6-7,14H,4-5,9H2,1H3. The van der Waals surface area contributed by atoms with Crippen molar-refractivity contribution in [2.24, 2.45) is 5.10 Å². The molecule has 1 aromatic carbocycles. The zero-order valence-electron chi connectivity index (χ0n) is 14.7. The molecule has 0 amide bonds. The van der Waals surface area contributed by atoms with Crippen LogP contribution in [0.5, 0.6) is 0 Å². The van der Waals surface area contributed by atoms with E-state index in [0.717, 1.165) is 45.8 Å². The van der Waals surface area contributed by atoms with Gasteiger partial charge in [0.05, 0.1) is 34.6 Å². The zero-order valence-corrected chi connectivity index (χ0v) is 16.3. The molecule has 0 spiro atoms. The molecular formula is C18H14F3N5S2. The van der Waals surface area contributed by atoms with Crippen molar-refractivity contribution in [3.05, 3.63) is 46.6 Å². The predicted molar refractivity (Wildman–Crippen MR) is 103 cm³/mol. The molecule has 0 radical (unpaired) electrons. The molecule has 1 aromatic heterocycles. The number of thioether (sulfide) groups is 2. The lowest BCUT2D eigenvalue weighted by atomic mass is 10.1. The number of halogens is 3. The first-order valence-electron chi connectivity index (χ1n) is 8.48. The van der Waals surface area contributed by atoms with E-state index in [2.05, 4.69) is 10.2 Å². The van der Waals surface area contributed by atoms with Crippen molar-refractivity contribution >= 4 is 33.6 Å². The molecule has 144 valence electrons. The molecule has 2 aliphatic rings. The van der Waals surface area contributed by atoms with Crippen LogP contribution in [0, 0.1) is 18.3 Å². The van der Waals surface area contributed by atoms with E-state index in [-0.39, 0.29) is 5.56 Å². The second-order valence-electron chi connectivity index (χ2n) is 6.49. The van der Waals surface area contributed by atoms with Gasteiger partial charge in [-0.15, -0.1) is 5.10 Å². The molecule has 0 unspecified atom stereocenters. The Labute approximate surface area is 168 Å². The van der Waals surface area contributed by atoms with Gasteiger partial charge in [0, 0.05) is 5.75 Å². The summed E-state index contributed by atoms with van der Waals surface area (Å²) in [6, 6.07) is 7.43. The van der Waals surface area contributed by atoms with E-state index in [1.54, 1.807) is 0 Å². The van der Waals surface area contributed by atoms with Crippen LogP contribution < -0.4 is 5.01 Å². The molecule has 0 atom stereocenters. The number of hydrogen-bond acceptors (Lipinski definition) is 7. The molecule has 1 aliphatic carbocycles. The van der Waals surface area contributed by atoms with E-state index >= 15 is 0 Å². The fourth-order valence-electron chi connectivity index (χ4n) is 2.72. The first-order valence-corrected chi connectivity index (χ1v) is 10.3. The number of nitriles is 1. The molecule has 2 heterocycles. The second-order valence-corrected chi connectivity index (χ2v) is 8.69. The number of hydrogen-bond donors (Lipinski definition) is 0. The first-order chi connectivity index (χ1) is 13.3. The van der Waals surface area contributed by atoms with E-state index in [4.69, 9.17) is 5.10 Å². The third kappa shape index (κ3) is 3.95. The highest BCUT2D eigenvalue weighted by atomic mass is 32.2. The number of rotatable bonds is 3. The predicted octanol–water partition coefficient (Wildman–Crippen LogP) is 4.95. The Morgan fingerprint density at radius 2 is 2.07 bits per heavy atom. The van der Waals surface area contributed by atoms with Crippen LogP contribution in [0.4, 0.5) is 18.9 Å². The quantitative estimate of drug-likeness (QED) is 0.698. The Morgan fingerprint density at radius 3 is 2.75 bits per heavy atom. The number of aryl methyl sites for hydroxylation is 1. The summed E-state index contributed by atoms with van der Waals surface area (Å²) >= 11 is 2.77. The normalized spacial score (nSPS) is 16.4. The van der Waals surface area contributed by atoms with Crippen molar-refractivity contribution in [3.63, 3.8) is 0 Å². The van der Waals surface area contributed by atoms with Gasteiger partial charge in [0.1, 0.15) is 0 Å². The monoisotopic (exact) mass is 421 g/mol. The Bertz CT molecular complexity index is 996. The molecule has 0 N–H and O–H groups in total. The highest BCUT2D eigenvalue weighted by Gasteiger charge is 2.35. The minimum Gasteiger partial charge on any atom is -0.258 e. The third-order valence-corrected chi connectivity index (χ3v) is 6.41. The number of fused-ring (bicyclic) bond motifs is 1. The van der Waals surface area contributed by atoms with Crippen molar-refractivity contribution < 1.29 is 13.2 Å². The number of anilines is 1. The smallest absolute Gasteiger partial charge is 0.258 e. The highest BCUT2D eigenvalue weighted by molar-refractivity contribution is 8.38. The van der Waals surface area contributed by atoms with Crippen LogP contribution >= 0.6 is 23.5 Å². The molecule has 10 heteroatoms. The Hall–Kier alpha value is -2.25. The summed E-state index contributed by atoms with van der Waals surface area (Å²) in [6.45, 7) is 1.88. The first kappa shape index (κ1) is 19.1. The van der Waals surface area contributed by atoms with Crippen LogP contribution in [0.3, 0.4) is 0 Å². The lowest BCUT2D eigenvalue weighted by Crippen LogP contribution is -2.24. The zero-order chi connectivity index (χ0) is 19.9. The van der Waals surface area contributed by atoms with Crippen molar-refractivity contribution in [1.82, 2.24) is 10.2 Å². The van der Waals surface area contributed by atoms with Gasteiger partial charge in [0.15, 0.2) is 9.40 Å². The number of hydrazone groups is 1. The van der Waals surface area contributed by atoms with Crippen LogP contribution in [0.25, 0.3) is 0 Å². The summed E-state index contributed by atoms with van der Waals surface area (Å²) in [5.41, 5.74) is 1.51. The SMILES string of the molecule is Cc1cc2c(nn1)SC(SCc1ccc(C(F)(F)F)cc1C#N)=NN2C1CC1. The summed E-state index contributed by atoms with van der Waals surface area (Å²) in [6.07, 6.45) is -2.35. The summed E-state index contributed by atoms with van der Waals surface area (Å²) in [4.78, 5) is 0. The largest absolute Gasteiger partial charge is 0.416 e. The molecule has 1 saturated carbocycles. The Balaban J connectivity index is 1.54. The van der Waals surface area contributed by atoms with Gasteiger partial charge < -0.3 is 0 Å². The van der Waals surface area contributed by atoms with Crippen molar-refractivity contribution in [3.8, 4) is 6.07 Å². The minimum atomic E-state index is -4.47. The van der Waals surface area contributed by atoms with Gasteiger partial charge in [0.25, 0.3) is 0 Å². The molecule has 5 nitrogen and oxygen atoms in total. The summed E-state index contributed by atoms with van der Waals surface area (Å²) < 4.78 is 39.3. The molecule has 1 aliphatic heterocycles. The van der Waals surface area contributed by atoms with Crippen LogP contribution in [-0.2, 0) is 11.9 Å². The van der Waals surface area contributed by atoms with Gasteiger partial charge >= 0.3 is 6.18 Å². The van der Waals surface area contributed by atoms with Crippen molar-refractivity contribution in [1.29, 1.82) is 5.26 Å².